The van der Waals surface area contributed by atoms with Crippen molar-refractivity contribution in [3.63, 3.8) is 0 Å². The minimum atomic E-state index is 0.394. The molecule has 0 spiro atoms. The maximum atomic E-state index is 6.26. The smallest absolute Gasteiger partial charge is 0.0635 e. The van der Waals surface area contributed by atoms with Gasteiger partial charge in [0.1, 0.15) is 0 Å². The van der Waals surface area contributed by atoms with Crippen molar-refractivity contribution < 1.29 is 4.74 Å². The lowest BCUT2D eigenvalue weighted by Crippen LogP contribution is -2.49. The molecule has 1 aromatic rings. The number of rotatable bonds is 6. The highest BCUT2D eigenvalue weighted by Gasteiger charge is 2.23. The van der Waals surface area contributed by atoms with Crippen LogP contribution in [0, 0.1) is 0 Å². The summed E-state index contributed by atoms with van der Waals surface area (Å²) in [5.41, 5.74) is 1.08. The van der Waals surface area contributed by atoms with E-state index in [1.165, 1.54) is 0 Å². The third kappa shape index (κ3) is 4.61. The Hall–Kier alpha value is -0.320. The number of ether oxygens (including phenoxy) is 1. The van der Waals surface area contributed by atoms with Gasteiger partial charge in [0, 0.05) is 35.7 Å². The maximum absolute atomic E-state index is 6.26. The van der Waals surface area contributed by atoms with Gasteiger partial charge in [0.15, 0.2) is 0 Å². The van der Waals surface area contributed by atoms with E-state index in [1.54, 1.807) is 0 Å². The molecule has 20 heavy (non-hydrogen) atoms. The van der Waals surface area contributed by atoms with E-state index in [0.29, 0.717) is 6.04 Å². The monoisotopic (exact) mass is 316 g/mol. The van der Waals surface area contributed by atoms with Gasteiger partial charge in [-0.1, -0.05) is 30.1 Å². The number of benzene rings is 1. The Bertz CT molecular complexity index is 428. The average Bonchev–Trinajstić information content (AvgIpc) is 2.45. The highest BCUT2D eigenvalue weighted by molar-refractivity contribution is 6.33. The van der Waals surface area contributed by atoms with E-state index < -0.39 is 0 Å². The fraction of sp³-hybridized carbons (Fsp3) is 0.600. The molecular formula is C15H22Cl2N2O. The first kappa shape index (κ1) is 16.1. The standard InChI is InChI=1S/C15H22Cl2N2O/c1-2-5-18-9-14-11-20-7-6-19(14)10-12-8-13(16)3-4-15(12)17/h3-4,8,14,18H,2,5-7,9-11H2,1H3. The van der Waals surface area contributed by atoms with Crippen LogP contribution in [-0.2, 0) is 11.3 Å². The third-order valence-corrected chi connectivity index (χ3v) is 4.14. The lowest BCUT2D eigenvalue weighted by atomic mass is 10.1. The van der Waals surface area contributed by atoms with Crippen molar-refractivity contribution in [2.24, 2.45) is 0 Å². The van der Waals surface area contributed by atoms with Gasteiger partial charge < -0.3 is 10.1 Å². The average molecular weight is 317 g/mol. The fourth-order valence-corrected chi connectivity index (χ4v) is 2.79. The molecule has 3 nitrogen and oxygen atoms in total. The van der Waals surface area contributed by atoms with E-state index in [4.69, 9.17) is 27.9 Å². The molecule has 0 aliphatic carbocycles. The lowest BCUT2D eigenvalue weighted by Gasteiger charge is -2.36. The minimum Gasteiger partial charge on any atom is -0.378 e. The Morgan fingerprint density at radius 1 is 1.40 bits per heavy atom. The molecule has 1 aliphatic rings. The molecule has 1 saturated heterocycles. The van der Waals surface area contributed by atoms with Crippen molar-refractivity contribution in [2.75, 3.05) is 32.8 Å². The van der Waals surface area contributed by atoms with Crippen LogP contribution in [0.4, 0.5) is 0 Å². The number of hydrogen-bond donors (Lipinski definition) is 1. The summed E-state index contributed by atoms with van der Waals surface area (Å²) >= 11 is 12.3. The number of nitrogens with one attached hydrogen (secondary N) is 1. The van der Waals surface area contributed by atoms with Crippen LogP contribution in [0.25, 0.3) is 0 Å². The van der Waals surface area contributed by atoms with Gasteiger partial charge in [-0.05, 0) is 36.7 Å². The van der Waals surface area contributed by atoms with Gasteiger partial charge in [-0.3, -0.25) is 4.90 Å². The number of hydrogen-bond acceptors (Lipinski definition) is 3. The molecule has 1 aliphatic heterocycles. The topological polar surface area (TPSA) is 24.5 Å². The molecule has 0 aromatic heterocycles. The van der Waals surface area contributed by atoms with Crippen molar-refractivity contribution in [3.05, 3.63) is 33.8 Å². The molecule has 1 unspecified atom stereocenters. The van der Waals surface area contributed by atoms with Crippen LogP contribution in [0.5, 0.6) is 0 Å². The van der Waals surface area contributed by atoms with E-state index in [2.05, 4.69) is 17.1 Å². The minimum absolute atomic E-state index is 0.394. The highest BCUT2D eigenvalue weighted by atomic mass is 35.5. The van der Waals surface area contributed by atoms with Crippen molar-refractivity contribution in [3.8, 4) is 0 Å². The molecule has 112 valence electrons. The predicted molar refractivity (Wildman–Crippen MR) is 84.6 cm³/mol. The first-order valence-electron chi connectivity index (χ1n) is 7.17. The summed E-state index contributed by atoms with van der Waals surface area (Å²) in [7, 11) is 0. The zero-order valence-electron chi connectivity index (χ0n) is 11.9. The van der Waals surface area contributed by atoms with E-state index in [-0.39, 0.29) is 0 Å². The summed E-state index contributed by atoms with van der Waals surface area (Å²) in [5, 5.41) is 4.98. The molecule has 1 heterocycles. The SMILES string of the molecule is CCCNCC1COCCN1Cc1cc(Cl)ccc1Cl. The Balaban J connectivity index is 1.98. The molecule has 1 fully saturated rings. The third-order valence-electron chi connectivity index (χ3n) is 3.54. The summed E-state index contributed by atoms with van der Waals surface area (Å²) in [5.74, 6) is 0. The normalized spacial score (nSPS) is 20.2. The Kier molecular flexibility index (Phi) is 6.59. The predicted octanol–water partition coefficient (Wildman–Crippen LogP) is 3.19. The quantitative estimate of drug-likeness (QED) is 0.816. The molecule has 0 bridgehead atoms. The van der Waals surface area contributed by atoms with Crippen LogP contribution in [0.15, 0.2) is 18.2 Å². The van der Waals surface area contributed by atoms with Crippen molar-refractivity contribution >= 4 is 23.2 Å². The molecule has 0 saturated carbocycles. The summed E-state index contributed by atoms with van der Waals surface area (Å²) in [6.45, 7) is 7.47. The van der Waals surface area contributed by atoms with E-state index in [0.717, 1.165) is 61.4 Å². The summed E-state index contributed by atoms with van der Waals surface area (Å²) in [6, 6.07) is 6.04. The largest absolute Gasteiger partial charge is 0.378 e. The summed E-state index contributed by atoms with van der Waals surface area (Å²) in [6.07, 6.45) is 1.15. The first-order valence-corrected chi connectivity index (χ1v) is 7.92. The molecule has 1 aromatic carbocycles. The van der Waals surface area contributed by atoms with Crippen molar-refractivity contribution in [1.29, 1.82) is 0 Å². The number of nitrogens with zero attached hydrogens (tertiary/aromatic N) is 1. The van der Waals surface area contributed by atoms with E-state index in [1.807, 2.05) is 18.2 Å². The Morgan fingerprint density at radius 3 is 3.05 bits per heavy atom. The van der Waals surface area contributed by atoms with Crippen LogP contribution in [0.2, 0.25) is 10.0 Å². The van der Waals surface area contributed by atoms with Crippen LogP contribution in [0.1, 0.15) is 18.9 Å². The van der Waals surface area contributed by atoms with Gasteiger partial charge in [-0.15, -0.1) is 0 Å². The van der Waals surface area contributed by atoms with Crippen LogP contribution >= 0.6 is 23.2 Å². The van der Waals surface area contributed by atoms with E-state index in [9.17, 15) is 0 Å². The highest BCUT2D eigenvalue weighted by Crippen LogP contribution is 2.23. The first-order chi connectivity index (χ1) is 9.70. The van der Waals surface area contributed by atoms with Crippen LogP contribution < -0.4 is 5.32 Å². The zero-order chi connectivity index (χ0) is 14.4. The van der Waals surface area contributed by atoms with Gasteiger partial charge in [-0.25, -0.2) is 0 Å². The second-order valence-corrected chi connectivity index (χ2v) is 5.98. The lowest BCUT2D eigenvalue weighted by molar-refractivity contribution is -0.0108. The maximum Gasteiger partial charge on any atom is 0.0635 e. The van der Waals surface area contributed by atoms with Gasteiger partial charge in [0.25, 0.3) is 0 Å². The summed E-state index contributed by atoms with van der Waals surface area (Å²) < 4.78 is 5.59. The zero-order valence-corrected chi connectivity index (χ0v) is 13.4. The Morgan fingerprint density at radius 2 is 2.25 bits per heavy atom. The second-order valence-electron chi connectivity index (χ2n) is 5.14. The van der Waals surface area contributed by atoms with Gasteiger partial charge >= 0.3 is 0 Å². The van der Waals surface area contributed by atoms with Crippen LogP contribution in [0.3, 0.4) is 0 Å². The molecule has 0 amide bonds. The molecule has 0 radical (unpaired) electrons. The van der Waals surface area contributed by atoms with E-state index >= 15 is 0 Å². The molecule has 2 rings (SSSR count). The van der Waals surface area contributed by atoms with Crippen LogP contribution in [-0.4, -0.2) is 43.8 Å². The molecule has 5 heteroatoms. The number of halogens is 2. The van der Waals surface area contributed by atoms with Gasteiger partial charge in [0.05, 0.1) is 13.2 Å². The van der Waals surface area contributed by atoms with Gasteiger partial charge in [0.2, 0.25) is 0 Å². The van der Waals surface area contributed by atoms with Gasteiger partial charge in [-0.2, -0.15) is 0 Å². The fourth-order valence-electron chi connectivity index (χ4n) is 2.41. The molecule has 1 atom stereocenters. The second kappa shape index (κ2) is 8.20. The number of morpholine rings is 1. The van der Waals surface area contributed by atoms with Crippen molar-refractivity contribution in [2.45, 2.75) is 25.9 Å². The molecule has 1 N–H and O–H groups in total. The Labute approximate surface area is 131 Å². The molecular weight excluding hydrogens is 295 g/mol. The van der Waals surface area contributed by atoms with Crippen molar-refractivity contribution in [1.82, 2.24) is 10.2 Å². The summed E-state index contributed by atoms with van der Waals surface area (Å²) in [4.78, 5) is 2.42.